The average molecular weight is 205 g/mol. The molecular formula is C11H15N3O. The largest absolute Gasteiger partial charge is 0.337 e. The molecule has 4 nitrogen and oxygen atoms in total. The minimum atomic E-state index is -0.131. The highest BCUT2D eigenvalue weighted by Gasteiger charge is 2.16. The maximum Gasteiger partial charge on any atom is 0.319 e. The van der Waals surface area contributed by atoms with Crippen LogP contribution in [0.4, 0.5) is 10.5 Å². The number of rotatable bonds is 3. The predicted molar refractivity (Wildman–Crippen MR) is 59.8 cm³/mol. The van der Waals surface area contributed by atoms with Crippen LogP contribution in [0.3, 0.4) is 0 Å². The summed E-state index contributed by atoms with van der Waals surface area (Å²) in [6.45, 7) is 2.75. The summed E-state index contributed by atoms with van der Waals surface area (Å²) in [5.74, 6) is 0.589. The number of anilines is 1. The smallest absolute Gasteiger partial charge is 0.319 e. The highest BCUT2D eigenvalue weighted by Crippen LogP contribution is 2.04. The van der Waals surface area contributed by atoms with Crippen LogP contribution in [0.2, 0.25) is 0 Å². The van der Waals surface area contributed by atoms with Gasteiger partial charge in [0.15, 0.2) is 0 Å². The average Bonchev–Trinajstić information content (AvgIpc) is 2.17. The van der Waals surface area contributed by atoms with Crippen LogP contribution in [0.5, 0.6) is 0 Å². The molecule has 1 heterocycles. The van der Waals surface area contributed by atoms with Gasteiger partial charge in [0.25, 0.3) is 0 Å². The third-order valence-electron chi connectivity index (χ3n) is 2.45. The highest BCUT2D eigenvalue weighted by atomic mass is 16.2. The van der Waals surface area contributed by atoms with Gasteiger partial charge in [0.05, 0.1) is 0 Å². The Balaban J connectivity index is 1.72. The van der Waals surface area contributed by atoms with E-state index < -0.39 is 0 Å². The van der Waals surface area contributed by atoms with Gasteiger partial charge in [-0.3, -0.25) is 0 Å². The van der Waals surface area contributed by atoms with Gasteiger partial charge in [0.2, 0.25) is 0 Å². The van der Waals surface area contributed by atoms with Crippen LogP contribution < -0.4 is 16.0 Å². The number of carbonyl (C=O) groups is 1. The molecule has 1 aliphatic rings. The molecule has 1 aromatic carbocycles. The SMILES string of the molecule is O=C(NCC1CNC1)Nc1ccccc1. The third kappa shape index (κ3) is 2.95. The Kier molecular flexibility index (Phi) is 3.19. The molecular weight excluding hydrogens is 190 g/mol. The molecule has 1 fully saturated rings. The van der Waals surface area contributed by atoms with E-state index in [0.29, 0.717) is 5.92 Å². The van der Waals surface area contributed by atoms with E-state index in [1.54, 1.807) is 0 Å². The molecule has 0 radical (unpaired) electrons. The first-order chi connectivity index (χ1) is 7.34. The minimum absolute atomic E-state index is 0.131. The van der Waals surface area contributed by atoms with Crippen LogP contribution in [-0.2, 0) is 0 Å². The summed E-state index contributed by atoms with van der Waals surface area (Å²) in [5, 5.41) is 8.78. The molecule has 0 aliphatic carbocycles. The molecule has 0 aromatic heterocycles. The molecule has 0 atom stereocenters. The second-order valence-corrected chi connectivity index (χ2v) is 3.73. The van der Waals surface area contributed by atoms with Gasteiger partial charge < -0.3 is 16.0 Å². The van der Waals surface area contributed by atoms with Crippen molar-refractivity contribution in [3.63, 3.8) is 0 Å². The lowest BCUT2D eigenvalue weighted by Crippen LogP contribution is -2.48. The number of para-hydroxylation sites is 1. The van der Waals surface area contributed by atoms with Crippen LogP contribution in [0.1, 0.15) is 0 Å². The van der Waals surface area contributed by atoms with E-state index in [1.807, 2.05) is 30.3 Å². The summed E-state index contributed by atoms with van der Waals surface area (Å²) < 4.78 is 0. The Morgan fingerprint density at radius 2 is 2.07 bits per heavy atom. The summed E-state index contributed by atoms with van der Waals surface area (Å²) in [5.41, 5.74) is 0.821. The summed E-state index contributed by atoms with van der Waals surface area (Å²) in [4.78, 5) is 11.4. The number of hydrogen-bond donors (Lipinski definition) is 3. The maximum atomic E-state index is 11.4. The van der Waals surface area contributed by atoms with Gasteiger partial charge in [-0.1, -0.05) is 18.2 Å². The summed E-state index contributed by atoms with van der Waals surface area (Å²) >= 11 is 0. The van der Waals surface area contributed by atoms with Crippen molar-refractivity contribution in [3.8, 4) is 0 Å². The lowest BCUT2D eigenvalue weighted by Gasteiger charge is -2.27. The topological polar surface area (TPSA) is 53.2 Å². The van der Waals surface area contributed by atoms with E-state index in [4.69, 9.17) is 0 Å². The second-order valence-electron chi connectivity index (χ2n) is 3.73. The van der Waals surface area contributed by atoms with Gasteiger partial charge in [0.1, 0.15) is 0 Å². The summed E-state index contributed by atoms with van der Waals surface area (Å²) in [6.07, 6.45) is 0. The molecule has 0 spiro atoms. The van der Waals surface area contributed by atoms with Gasteiger partial charge in [-0.25, -0.2) is 4.79 Å². The van der Waals surface area contributed by atoms with Crippen LogP contribution in [0, 0.1) is 5.92 Å². The minimum Gasteiger partial charge on any atom is -0.337 e. The normalized spacial score (nSPS) is 15.5. The first-order valence-electron chi connectivity index (χ1n) is 5.15. The quantitative estimate of drug-likeness (QED) is 0.690. The number of benzene rings is 1. The molecule has 4 heteroatoms. The van der Waals surface area contributed by atoms with E-state index in [2.05, 4.69) is 16.0 Å². The van der Waals surface area contributed by atoms with E-state index in [-0.39, 0.29) is 6.03 Å². The van der Waals surface area contributed by atoms with Crippen molar-refractivity contribution in [1.82, 2.24) is 10.6 Å². The number of amides is 2. The first kappa shape index (κ1) is 9.98. The molecule has 2 amide bonds. The Bertz CT molecular complexity index is 322. The molecule has 1 saturated heterocycles. The monoisotopic (exact) mass is 205 g/mol. The Labute approximate surface area is 89.1 Å². The Morgan fingerprint density at radius 3 is 2.67 bits per heavy atom. The zero-order valence-electron chi connectivity index (χ0n) is 8.49. The molecule has 0 unspecified atom stereocenters. The molecule has 2 rings (SSSR count). The number of urea groups is 1. The van der Waals surface area contributed by atoms with E-state index in [9.17, 15) is 4.79 Å². The standard InChI is InChI=1S/C11H15N3O/c15-11(13-8-9-6-12-7-9)14-10-4-2-1-3-5-10/h1-5,9,12H,6-8H2,(H2,13,14,15). The maximum absolute atomic E-state index is 11.4. The molecule has 3 N–H and O–H groups in total. The van der Waals surface area contributed by atoms with E-state index in [1.165, 1.54) is 0 Å². The van der Waals surface area contributed by atoms with Gasteiger partial charge in [0, 0.05) is 31.2 Å². The zero-order valence-corrected chi connectivity index (χ0v) is 8.49. The van der Waals surface area contributed by atoms with Crippen molar-refractivity contribution in [3.05, 3.63) is 30.3 Å². The Hall–Kier alpha value is -1.55. The van der Waals surface area contributed by atoms with Gasteiger partial charge in [-0.15, -0.1) is 0 Å². The number of carbonyl (C=O) groups excluding carboxylic acids is 1. The molecule has 80 valence electrons. The lowest BCUT2D eigenvalue weighted by atomic mass is 10.0. The van der Waals surface area contributed by atoms with Crippen molar-refractivity contribution >= 4 is 11.7 Å². The van der Waals surface area contributed by atoms with Crippen LogP contribution in [-0.4, -0.2) is 25.7 Å². The van der Waals surface area contributed by atoms with E-state index in [0.717, 1.165) is 25.3 Å². The predicted octanol–water partition coefficient (Wildman–Crippen LogP) is 1.03. The lowest BCUT2D eigenvalue weighted by molar-refractivity contribution is 0.246. The van der Waals surface area contributed by atoms with Crippen LogP contribution in [0.15, 0.2) is 30.3 Å². The molecule has 1 aliphatic heterocycles. The molecule has 1 aromatic rings. The van der Waals surface area contributed by atoms with Gasteiger partial charge in [-0.05, 0) is 12.1 Å². The second kappa shape index (κ2) is 4.79. The summed E-state index contributed by atoms with van der Waals surface area (Å²) in [7, 11) is 0. The van der Waals surface area contributed by atoms with Gasteiger partial charge >= 0.3 is 6.03 Å². The van der Waals surface area contributed by atoms with Gasteiger partial charge in [-0.2, -0.15) is 0 Å². The van der Waals surface area contributed by atoms with Crippen LogP contribution in [0.25, 0.3) is 0 Å². The fourth-order valence-corrected chi connectivity index (χ4v) is 1.43. The summed E-state index contributed by atoms with van der Waals surface area (Å²) in [6, 6.07) is 9.31. The molecule has 15 heavy (non-hydrogen) atoms. The third-order valence-corrected chi connectivity index (χ3v) is 2.45. The number of hydrogen-bond acceptors (Lipinski definition) is 2. The molecule has 0 saturated carbocycles. The van der Waals surface area contributed by atoms with Crippen molar-refractivity contribution in [2.45, 2.75) is 0 Å². The van der Waals surface area contributed by atoms with E-state index >= 15 is 0 Å². The number of nitrogens with one attached hydrogen (secondary N) is 3. The van der Waals surface area contributed by atoms with Crippen molar-refractivity contribution in [1.29, 1.82) is 0 Å². The Morgan fingerprint density at radius 1 is 1.33 bits per heavy atom. The highest BCUT2D eigenvalue weighted by molar-refractivity contribution is 5.89. The molecule has 0 bridgehead atoms. The fraction of sp³-hybridized carbons (Fsp3) is 0.364. The van der Waals surface area contributed by atoms with Crippen molar-refractivity contribution in [2.24, 2.45) is 5.92 Å². The van der Waals surface area contributed by atoms with Crippen molar-refractivity contribution in [2.75, 3.05) is 25.0 Å². The van der Waals surface area contributed by atoms with Crippen molar-refractivity contribution < 1.29 is 4.79 Å². The van der Waals surface area contributed by atoms with Crippen LogP contribution >= 0.6 is 0 Å². The first-order valence-corrected chi connectivity index (χ1v) is 5.15. The fourth-order valence-electron chi connectivity index (χ4n) is 1.43. The zero-order chi connectivity index (χ0) is 10.5.